The Bertz CT molecular complexity index is 961. The zero-order valence-electron chi connectivity index (χ0n) is 15.0. The summed E-state index contributed by atoms with van der Waals surface area (Å²) < 4.78 is 41.4. The molecule has 3 rings (SSSR count). The zero-order chi connectivity index (χ0) is 19.8. The van der Waals surface area contributed by atoms with E-state index in [0.717, 1.165) is 16.9 Å². The van der Waals surface area contributed by atoms with Crippen molar-refractivity contribution in [3.05, 3.63) is 70.0 Å². The van der Waals surface area contributed by atoms with E-state index in [1.807, 2.05) is 16.9 Å². The molecule has 0 saturated heterocycles. The predicted molar refractivity (Wildman–Crippen MR) is 98.2 cm³/mol. The van der Waals surface area contributed by atoms with Gasteiger partial charge in [0.2, 0.25) is 0 Å². The fraction of sp³-hybridized carbons (Fsp3) is 0.263. The van der Waals surface area contributed by atoms with Crippen LogP contribution in [0.25, 0.3) is 5.13 Å². The van der Waals surface area contributed by atoms with Gasteiger partial charge >= 0.3 is 6.18 Å². The van der Waals surface area contributed by atoms with Gasteiger partial charge in [-0.15, -0.1) is 11.3 Å². The molecule has 0 saturated carbocycles. The molecule has 3 aromatic rings. The monoisotopic (exact) mass is 393 g/mol. The SMILES string of the molecule is Cc1cc(C(=O)N(C)Cc2ccccc2C(F)(F)F)c(C)n1-c1nccs1. The molecule has 0 aliphatic carbocycles. The normalized spacial score (nSPS) is 11.6. The van der Waals surface area contributed by atoms with Crippen molar-refractivity contribution in [2.45, 2.75) is 26.6 Å². The van der Waals surface area contributed by atoms with Gasteiger partial charge in [0.25, 0.3) is 5.91 Å². The van der Waals surface area contributed by atoms with Crippen LogP contribution in [-0.4, -0.2) is 27.4 Å². The van der Waals surface area contributed by atoms with Crippen LogP contribution in [-0.2, 0) is 12.7 Å². The number of thiazole rings is 1. The summed E-state index contributed by atoms with van der Waals surface area (Å²) in [6, 6.07) is 7.05. The summed E-state index contributed by atoms with van der Waals surface area (Å²) >= 11 is 1.45. The minimum atomic E-state index is -4.46. The molecule has 1 amide bonds. The highest BCUT2D eigenvalue weighted by Gasteiger charge is 2.33. The lowest BCUT2D eigenvalue weighted by Crippen LogP contribution is -2.27. The van der Waals surface area contributed by atoms with E-state index in [0.29, 0.717) is 11.3 Å². The van der Waals surface area contributed by atoms with Crippen LogP contribution < -0.4 is 0 Å². The third-order valence-electron chi connectivity index (χ3n) is 4.35. The van der Waals surface area contributed by atoms with Gasteiger partial charge in [-0.2, -0.15) is 13.2 Å². The molecule has 2 heterocycles. The number of hydrogen-bond acceptors (Lipinski definition) is 3. The summed E-state index contributed by atoms with van der Waals surface area (Å²) in [5, 5.41) is 2.59. The van der Waals surface area contributed by atoms with Crippen molar-refractivity contribution in [1.29, 1.82) is 0 Å². The van der Waals surface area contributed by atoms with E-state index in [9.17, 15) is 18.0 Å². The van der Waals surface area contributed by atoms with Gasteiger partial charge in [0, 0.05) is 36.6 Å². The Balaban J connectivity index is 1.89. The van der Waals surface area contributed by atoms with Gasteiger partial charge in [0.05, 0.1) is 11.1 Å². The topological polar surface area (TPSA) is 38.1 Å². The highest BCUT2D eigenvalue weighted by atomic mass is 32.1. The second-order valence-electron chi connectivity index (χ2n) is 6.25. The van der Waals surface area contributed by atoms with Crippen LogP contribution in [0.3, 0.4) is 0 Å². The van der Waals surface area contributed by atoms with Crippen molar-refractivity contribution < 1.29 is 18.0 Å². The number of halogens is 3. The maximum Gasteiger partial charge on any atom is 0.416 e. The molecule has 142 valence electrons. The molecule has 8 heteroatoms. The standard InChI is InChI=1S/C19H18F3N3OS/c1-12-10-15(13(2)25(12)18-23-8-9-27-18)17(26)24(3)11-14-6-4-5-7-16(14)19(20,21)22/h4-10H,11H2,1-3H3. The minimum absolute atomic E-state index is 0.0644. The van der Waals surface area contributed by atoms with Gasteiger partial charge in [-0.1, -0.05) is 18.2 Å². The van der Waals surface area contributed by atoms with Crippen molar-refractivity contribution >= 4 is 17.2 Å². The zero-order valence-corrected chi connectivity index (χ0v) is 15.9. The van der Waals surface area contributed by atoms with Crippen molar-refractivity contribution in [3.8, 4) is 5.13 Å². The molecular weight excluding hydrogens is 375 g/mol. The Morgan fingerprint density at radius 2 is 1.96 bits per heavy atom. The average Bonchev–Trinajstić information content (AvgIpc) is 3.21. The average molecular weight is 393 g/mol. The number of carbonyl (C=O) groups excluding carboxylic acids is 1. The van der Waals surface area contributed by atoms with Crippen molar-refractivity contribution in [3.63, 3.8) is 0 Å². The first-order valence-corrected chi connectivity index (χ1v) is 9.07. The largest absolute Gasteiger partial charge is 0.416 e. The van der Waals surface area contributed by atoms with Crippen LogP contribution >= 0.6 is 11.3 Å². The lowest BCUT2D eigenvalue weighted by Gasteiger charge is -2.20. The van der Waals surface area contributed by atoms with E-state index >= 15 is 0 Å². The number of aryl methyl sites for hydroxylation is 1. The van der Waals surface area contributed by atoms with Gasteiger partial charge in [0.15, 0.2) is 5.13 Å². The summed E-state index contributed by atoms with van der Waals surface area (Å²) in [4.78, 5) is 18.4. The van der Waals surface area contributed by atoms with Gasteiger partial charge in [-0.3, -0.25) is 9.36 Å². The summed E-state index contributed by atoms with van der Waals surface area (Å²) in [7, 11) is 1.50. The number of benzene rings is 1. The van der Waals surface area contributed by atoms with Gasteiger partial charge in [-0.05, 0) is 31.5 Å². The Kier molecular flexibility index (Phi) is 5.10. The second-order valence-corrected chi connectivity index (χ2v) is 7.12. The van der Waals surface area contributed by atoms with E-state index in [-0.39, 0.29) is 18.0 Å². The van der Waals surface area contributed by atoms with E-state index in [4.69, 9.17) is 0 Å². The van der Waals surface area contributed by atoms with E-state index in [1.54, 1.807) is 19.2 Å². The van der Waals surface area contributed by atoms with Crippen LogP contribution in [0.15, 0.2) is 41.9 Å². The lowest BCUT2D eigenvalue weighted by atomic mass is 10.1. The number of nitrogens with zero attached hydrogens (tertiary/aromatic N) is 3. The fourth-order valence-electron chi connectivity index (χ4n) is 3.07. The molecule has 2 aromatic heterocycles. The highest BCUT2D eigenvalue weighted by molar-refractivity contribution is 7.12. The fourth-order valence-corrected chi connectivity index (χ4v) is 3.82. The van der Waals surface area contributed by atoms with Crippen LogP contribution in [0.4, 0.5) is 13.2 Å². The third kappa shape index (κ3) is 3.75. The van der Waals surface area contributed by atoms with E-state index in [1.165, 1.54) is 41.5 Å². The van der Waals surface area contributed by atoms with E-state index < -0.39 is 11.7 Å². The smallest absolute Gasteiger partial charge is 0.337 e. The number of hydrogen-bond donors (Lipinski definition) is 0. The number of amides is 1. The summed E-state index contributed by atoms with van der Waals surface area (Å²) in [5.41, 5.74) is 1.35. The molecule has 0 fully saturated rings. The molecule has 27 heavy (non-hydrogen) atoms. The quantitative estimate of drug-likeness (QED) is 0.636. The first-order valence-electron chi connectivity index (χ1n) is 8.19. The van der Waals surface area contributed by atoms with Crippen LogP contribution in [0.1, 0.15) is 32.9 Å². The maximum absolute atomic E-state index is 13.2. The van der Waals surface area contributed by atoms with E-state index in [2.05, 4.69) is 4.98 Å². The first kappa shape index (κ1) is 19.2. The number of aromatic nitrogens is 2. The number of carbonyl (C=O) groups is 1. The molecule has 4 nitrogen and oxygen atoms in total. The first-order chi connectivity index (χ1) is 12.7. The predicted octanol–water partition coefficient (Wildman–Crippen LogP) is 4.84. The number of alkyl halides is 3. The van der Waals surface area contributed by atoms with Crippen molar-refractivity contribution in [1.82, 2.24) is 14.5 Å². The van der Waals surface area contributed by atoms with Gasteiger partial charge < -0.3 is 4.90 Å². The number of rotatable bonds is 4. The Morgan fingerprint density at radius 3 is 2.59 bits per heavy atom. The highest BCUT2D eigenvalue weighted by Crippen LogP contribution is 2.32. The Morgan fingerprint density at radius 1 is 1.26 bits per heavy atom. The lowest BCUT2D eigenvalue weighted by molar-refractivity contribution is -0.138. The molecule has 0 N–H and O–H groups in total. The van der Waals surface area contributed by atoms with Gasteiger partial charge in [-0.25, -0.2) is 4.98 Å². The summed E-state index contributed by atoms with van der Waals surface area (Å²) in [5.74, 6) is -0.331. The summed E-state index contributed by atoms with van der Waals surface area (Å²) in [6.07, 6.45) is -2.78. The Hall–Kier alpha value is -2.61. The molecule has 1 aromatic carbocycles. The summed E-state index contributed by atoms with van der Waals surface area (Å²) in [6.45, 7) is 3.54. The maximum atomic E-state index is 13.2. The molecule has 0 atom stereocenters. The molecule has 0 spiro atoms. The molecule has 0 aliphatic rings. The van der Waals surface area contributed by atoms with Crippen LogP contribution in [0, 0.1) is 13.8 Å². The molecule has 0 unspecified atom stereocenters. The molecule has 0 radical (unpaired) electrons. The molecule has 0 bridgehead atoms. The minimum Gasteiger partial charge on any atom is -0.337 e. The van der Waals surface area contributed by atoms with Gasteiger partial charge in [0.1, 0.15) is 0 Å². The molecule has 0 aliphatic heterocycles. The third-order valence-corrected chi connectivity index (χ3v) is 5.11. The Labute approximate surface area is 158 Å². The van der Waals surface area contributed by atoms with Crippen molar-refractivity contribution in [2.75, 3.05) is 7.05 Å². The van der Waals surface area contributed by atoms with Crippen LogP contribution in [0.2, 0.25) is 0 Å². The second kappa shape index (κ2) is 7.19. The van der Waals surface area contributed by atoms with Crippen molar-refractivity contribution in [2.24, 2.45) is 0 Å². The molecular formula is C19H18F3N3OS. The van der Waals surface area contributed by atoms with Crippen LogP contribution in [0.5, 0.6) is 0 Å².